The van der Waals surface area contributed by atoms with Gasteiger partial charge in [-0.05, 0) is 67.1 Å². The van der Waals surface area contributed by atoms with Gasteiger partial charge in [0.1, 0.15) is 5.82 Å². The molecule has 1 amide bonds. The monoisotopic (exact) mass is 453 g/mol. The number of alkyl halides is 3. The first-order chi connectivity index (χ1) is 15.7. The van der Waals surface area contributed by atoms with Crippen molar-refractivity contribution in [2.45, 2.75) is 38.9 Å². The van der Waals surface area contributed by atoms with E-state index in [1.54, 1.807) is 0 Å². The number of likely N-dealkylation sites (tertiary alicyclic amines) is 1. The molecule has 7 heteroatoms. The predicted molar refractivity (Wildman–Crippen MR) is 123 cm³/mol. The Labute approximate surface area is 191 Å². The van der Waals surface area contributed by atoms with Crippen LogP contribution in [0, 0.1) is 13.8 Å². The fraction of sp³-hybridized carbons (Fsp3) is 0.308. The smallest absolute Gasteiger partial charge is 0.366 e. The molecule has 1 N–H and O–H groups in total. The number of aromatic nitrogens is 1. The minimum Gasteiger partial charge on any atom is -0.366 e. The molecule has 2 aromatic carbocycles. The lowest BCUT2D eigenvalue weighted by Gasteiger charge is -2.34. The van der Waals surface area contributed by atoms with Crippen LogP contribution in [0.5, 0.6) is 0 Å². The van der Waals surface area contributed by atoms with E-state index in [9.17, 15) is 18.0 Å². The Morgan fingerprint density at radius 1 is 1.06 bits per heavy atom. The van der Waals surface area contributed by atoms with Gasteiger partial charge in [-0.1, -0.05) is 36.4 Å². The van der Waals surface area contributed by atoms with Gasteiger partial charge >= 0.3 is 6.18 Å². The van der Waals surface area contributed by atoms with Crippen molar-refractivity contribution in [3.63, 3.8) is 0 Å². The molecule has 1 unspecified atom stereocenters. The Morgan fingerprint density at radius 2 is 1.85 bits per heavy atom. The molecule has 1 fully saturated rings. The number of piperidine rings is 1. The van der Waals surface area contributed by atoms with E-state index in [0.717, 1.165) is 36.2 Å². The summed E-state index contributed by atoms with van der Waals surface area (Å²) in [6.45, 7) is 5.21. The van der Waals surface area contributed by atoms with Crippen LogP contribution in [0.4, 0.5) is 19.0 Å². The normalized spacial score (nSPS) is 16.5. The Morgan fingerprint density at radius 3 is 2.55 bits per heavy atom. The Balaban J connectivity index is 1.50. The van der Waals surface area contributed by atoms with E-state index in [1.807, 2.05) is 35.2 Å². The van der Waals surface area contributed by atoms with Gasteiger partial charge in [0.2, 0.25) is 0 Å². The van der Waals surface area contributed by atoms with E-state index < -0.39 is 11.7 Å². The summed E-state index contributed by atoms with van der Waals surface area (Å²) >= 11 is 0. The third-order valence-corrected chi connectivity index (χ3v) is 6.13. The summed E-state index contributed by atoms with van der Waals surface area (Å²) < 4.78 is 38.3. The molecule has 0 radical (unpaired) electrons. The third-order valence-electron chi connectivity index (χ3n) is 6.13. The van der Waals surface area contributed by atoms with Crippen molar-refractivity contribution in [1.29, 1.82) is 0 Å². The predicted octanol–water partition coefficient (Wildman–Crippen LogP) is 6.10. The Bertz CT molecular complexity index is 1140. The van der Waals surface area contributed by atoms with Crippen molar-refractivity contribution >= 4 is 11.7 Å². The molecule has 4 nitrogen and oxygen atoms in total. The lowest BCUT2D eigenvalue weighted by molar-refractivity contribution is -0.137. The number of carbonyl (C=O) groups excluding carboxylic acids is 1. The van der Waals surface area contributed by atoms with E-state index in [1.165, 1.54) is 17.2 Å². The molecule has 0 saturated carbocycles. The fourth-order valence-corrected chi connectivity index (χ4v) is 4.14. The SMILES string of the molecule is Cc1ccc(-c2ccccc2C(=O)N2CCCC(Nc3ccc(C(F)(F)F)cn3)C2)cc1C. The Hall–Kier alpha value is -3.35. The van der Waals surface area contributed by atoms with Crippen LogP contribution in [-0.4, -0.2) is 34.9 Å². The Kier molecular flexibility index (Phi) is 6.40. The second-order valence-electron chi connectivity index (χ2n) is 8.51. The van der Waals surface area contributed by atoms with Crippen LogP contribution < -0.4 is 5.32 Å². The van der Waals surface area contributed by atoms with Crippen molar-refractivity contribution < 1.29 is 18.0 Å². The molecular weight excluding hydrogens is 427 g/mol. The zero-order valence-corrected chi connectivity index (χ0v) is 18.6. The largest absolute Gasteiger partial charge is 0.417 e. The van der Waals surface area contributed by atoms with Gasteiger partial charge in [-0.25, -0.2) is 4.98 Å². The number of nitrogens with zero attached hydrogens (tertiary/aromatic N) is 2. The number of nitrogens with one attached hydrogen (secondary N) is 1. The quantitative estimate of drug-likeness (QED) is 0.519. The maximum atomic E-state index is 13.5. The average Bonchev–Trinajstić information content (AvgIpc) is 2.80. The number of carbonyl (C=O) groups is 1. The molecule has 1 aliphatic heterocycles. The fourth-order valence-electron chi connectivity index (χ4n) is 4.14. The van der Waals surface area contributed by atoms with Gasteiger partial charge in [0, 0.05) is 30.9 Å². The van der Waals surface area contributed by atoms with E-state index in [0.29, 0.717) is 24.5 Å². The first kappa shape index (κ1) is 22.8. The van der Waals surface area contributed by atoms with Crippen LogP contribution in [0.3, 0.4) is 0 Å². The second-order valence-corrected chi connectivity index (χ2v) is 8.51. The van der Waals surface area contributed by atoms with Gasteiger partial charge in [-0.3, -0.25) is 4.79 Å². The molecule has 1 aliphatic rings. The summed E-state index contributed by atoms with van der Waals surface area (Å²) in [5, 5.41) is 3.18. The number of halogens is 3. The molecule has 1 aromatic heterocycles. The van der Waals surface area contributed by atoms with Crippen LogP contribution in [-0.2, 0) is 6.18 Å². The summed E-state index contributed by atoms with van der Waals surface area (Å²) in [7, 11) is 0. The van der Waals surface area contributed by atoms with Crippen LogP contribution in [0.2, 0.25) is 0 Å². The van der Waals surface area contributed by atoms with Crippen molar-refractivity contribution in [2.24, 2.45) is 0 Å². The molecule has 172 valence electrons. The van der Waals surface area contributed by atoms with Gasteiger partial charge in [0.15, 0.2) is 0 Å². The number of hydrogen-bond acceptors (Lipinski definition) is 3. The molecule has 4 rings (SSSR count). The molecule has 33 heavy (non-hydrogen) atoms. The summed E-state index contributed by atoms with van der Waals surface area (Å²) in [5.74, 6) is 0.327. The minimum absolute atomic E-state index is 0.0456. The molecule has 2 heterocycles. The summed E-state index contributed by atoms with van der Waals surface area (Å²) in [6.07, 6.45) is -1.97. The highest BCUT2D eigenvalue weighted by Crippen LogP contribution is 2.30. The number of anilines is 1. The maximum Gasteiger partial charge on any atom is 0.417 e. The van der Waals surface area contributed by atoms with E-state index >= 15 is 0 Å². The third kappa shape index (κ3) is 5.18. The topological polar surface area (TPSA) is 45.2 Å². The van der Waals surface area contributed by atoms with Gasteiger partial charge in [-0.2, -0.15) is 13.2 Å². The highest BCUT2D eigenvalue weighted by Gasteiger charge is 2.31. The molecule has 1 atom stereocenters. The molecule has 0 aliphatic carbocycles. The van der Waals surface area contributed by atoms with Crippen LogP contribution in [0.1, 0.15) is 39.9 Å². The van der Waals surface area contributed by atoms with Crippen LogP contribution in [0.25, 0.3) is 11.1 Å². The lowest BCUT2D eigenvalue weighted by Crippen LogP contribution is -2.45. The number of pyridine rings is 1. The first-order valence-electron chi connectivity index (χ1n) is 11.0. The zero-order valence-electron chi connectivity index (χ0n) is 18.6. The molecule has 1 saturated heterocycles. The van der Waals surface area contributed by atoms with Crippen molar-refractivity contribution in [3.8, 4) is 11.1 Å². The highest BCUT2D eigenvalue weighted by atomic mass is 19.4. The number of amides is 1. The van der Waals surface area contributed by atoms with Crippen LogP contribution in [0.15, 0.2) is 60.8 Å². The standard InChI is InChI=1S/C26H26F3N3O/c1-17-9-10-19(14-18(17)2)22-7-3-4-8-23(22)25(33)32-13-5-6-21(16-32)31-24-12-11-20(15-30-24)26(27,28)29/h3-4,7-12,14-15,21H,5-6,13,16H2,1-2H3,(H,30,31). The number of rotatable bonds is 4. The van der Waals surface area contributed by atoms with E-state index in [4.69, 9.17) is 0 Å². The van der Waals surface area contributed by atoms with Gasteiger partial charge in [-0.15, -0.1) is 0 Å². The van der Waals surface area contributed by atoms with E-state index in [2.05, 4.69) is 36.3 Å². The highest BCUT2D eigenvalue weighted by molar-refractivity contribution is 6.01. The molecular formula is C26H26F3N3O. The zero-order chi connectivity index (χ0) is 23.6. The first-order valence-corrected chi connectivity index (χ1v) is 11.0. The van der Waals surface area contributed by atoms with Gasteiger partial charge in [0.25, 0.3) is 5.91 Å². The summed E-state index contributed by atoms with van der Waals surface area (Å²) in [6, 6.07) is 16.1. The minimum atomic E-state index is -4.41. The average molecular weight is 454 g/mol. The van der Waals surface area contributed by atoms with Crippen molar-refractivity contribution in [1.82, 2.24) is 9.88 Å². The van der Waals surface area contributed by atoms with Gasteiger partial charge < -0.3 is 10.2 Å². The summed E-state index contributed by atoms with van der Waals surface area (Å²) in [4.78, 5) is 19.2. The lowest BCUT2D eigenvalue weighted by atomic mass is 9.95. The molecule has 0 spiro atoms. The molecule has 0 bridgehead atoms. The van der Waals surface area contributed by atoms with E-state index in [-0.39, 0.29) is 11.9 Å². The molecule has 3 aromatic rings. The van der Waals surface area contributed by atoms with Crippen molar-refractivity contribution in [3.05, 3.63) is 83.0 Å². The van der Waals surface area contributed by atoms with Crippen LogP contribution >= 0.6 is 0 Å². The number of benzene rings is 2. The number of hydrogen-bond donors (Lipinski definition) is 1. The number of aryl methyl sites for hydroxylation is 2. The van der Waals surface area contributed by atoms with Crippen molar-refractivity contribution in [2.75, 3.05) is 18.4 Å². The second kappa shape index (κ2) is 9.25. The summed E-state index contributed by atoms with van der Waals surface area (Å²) in [5.41, 5.74) is 4.13. The van der Waals surface area contributed by atoms with Gasteiger partial charge in [0.05, 0.1) is 5.56 Å². The maximum absolute atomic E-state index is 13.5.